The van der Waals surface area contributed by atoms with Crippen LogP contribution < -0.4 is 55.7 Å². The van der Waals surface area contributed by atoms with Crippen molar-refractivity contribution in [3.8, 4) is 11.3 Å². The summed E-state index contributed by atoms with van der Waals surface area (Å²) in [5.74, 6) is -1.87. The second kappa shape index (κ2) is 13.2. The number of aromatic nitrogens is 2. The van der Waals surface area contributed by atoms with Gasteiger partial charge < -0.3 is 16.7 Å². The Morgan fingerprint density at radius 2 is 1.79 bits per heavy atom. The number of hydrogen-bond donors (Lipinski definition) is 3. The van der Waals surface area contributed by atoms with Crippen LogP contribution in [0.2, 0.25) is 0 Å². The maximum atomic E-state index is 13.5. The summed E-state index contributed by atoms with van der Waals surface area (Å²) in [5.41, 5.74) is 1.80. The van der Waals surface area contributed by atoms with Crippen molar-refractivity contribution in [3.63, 3.8) is 0 Å². The molecule has 0 spiro atoms. The summed E-state index contributed by atoms with van der Waals surface area (Å²) in [7, 11) is -2.33. The Morgan fingerprint density at radius 3 is 2.29 bits per heavy atom. The van der Waals surface area contributed by atoms with Crippen molar-refractivity contribution in [2.45, 2.75) is 44.8 Å². The van der Waals surface area contributed by atoms with Crippen molar-refractivity contribution < 1.29 is 85.7 Å². The Bertz CT molecular complexity index is 1130. The molecule has 2 atom stereocenters. The molecule has 12 heteroatoms. The monoisotopic (exact) mass is 521 g/mol. The fraction of sp³-hybridized carbons (Fsp3) is 0.409. The molecule has 2 unspecified atom stereocenters. The summed E-state index contributed by atoms with van der Waals surface area (Å²) in [5, 5.41) is 28.8. The van der Waals surface area contributed by atoms with Crippen molar-refractivity contribution in [3.05, 3.63) is 47.4 Å². The average Bonchev–Trinajstić information content (AvgIpc) is 2.70. The van der Waals surface area contributed by atoms with E-state index in [1.54, 1.807) is 0 Å². The first-order valence-electron chi connectivity index (χ1n) is 10.2. The molecule has 1 aromatic carbocycles. The Kier molecular flexibility index (Phi) is 11.9. The van der Waals surface area contributed by atoms with Crippen molar-refractivity contribution in [1.82, 2.24) is 9.97 Å². The minimum atomic E-state index is -3.65. The summed E-state index contributed by atoms with van der Waals surface area (Å²) in [6.45, 7) is 3.71. The van der Waals surface area contributed by atoms with Gasteiger partial charge in [-0.05, 0) is 30.2 Å². The van der Waals surface area contributed by atoms with Gasteiger partial charge in [-0.2, -0.15) is 0 Å². The number of carbonyl (C=O) groups is 1. The molecule has 0 radical (unpaired) electrons. The Labute approximate surface area is 242 Å². The number of hydrogen-bond acceptors (Lipinski definition) is 7. The van der Waals surface area contributed by atoms with Crippen LogP contribution >= 0.6 is 0 Å². The van der Waals surface area contributed by atoms with E-state index in [-0.39, 0.29) is 71.1 Å². The van der Waals surface area contributed by atoms with Gasteiger partial charge in [0.25, 0.3) is 0 Å². The quantitative estimate of drug-likeness (QED) is 0.356. The third-order valence-corrected chi connectivity index (χ3v) is 5.97. The molecule has 0 aliphatic rings. The van der Waals surface area contributed by atoms with E-state index in [2.05, 4.69) is 9.97 Å². The van der Waals surface area contributed by atoms with E-state index >= 15 is 0 Å². The van der Waals surface area contributed by atoms with Crippen molar-refractivity contribution >= 4 is 28.0 Å². The van der Waals surface area contributed by atoms with Gasteiger partial charge in [-0.15, -0.1) is 0 Å². The average molecular weight is 522 g/mol. The van der Waals surface area contributed by atoms with Crippen LogP contribution in [0.1, 0.15) is 45.3 Å². The fourth-order valence-electron chi connectivity index (χ4n) is 3.05. The third-order valence-electron chi connectivity index (χ3n) is 4.82. The number of aliphatic hydroxyl groups is 2. The predicted molar refractivity (Wildman–Crippen MR) is 124 cm³/mol. The van der Waals surface area contributed by atoms with E-state index in [0.717, 1.165) is 10.6 Å². The van der Waals surface area contributed by atoms with Gasteiger partial charge in [-0.3, -0.25) is 4.79 Å². The number of aliphatic hydroxyl groups excluding tert-OH is 2. The maximum Gasteiger partial charge on any atom is 1.00 e. The molecule has 2 rings (SSSR count). The Balaban J connectivity index is 0.00000578. The van der Waals surface area contributed by atoms with Gasteiger partial charge in [-0.25, -0.2) is 27.1 Å². The molecule has 0 amide bonds. The minimum absolute atomic E-state index is 0. The molecule has 1 heterocycles. The SMILES string of the molecule is CC(C)c1nc(N(C)S(C)(=O)=O)nc(-c2ccc(F)cc2)c1/C=C/C(O)CC(O)CC(=O)O.[H-].[K+]. The summed E-state index contributed by atoms with van der Waals surface area (Å²) < 4.78 is 38.6. The van der Waals surface area contributed by atoms with Crippen LogP contribution in [-0.4, -0.2) is 65.2 Å². The summed E-state index contributed by atoms with van der Waals surface area (Å²) in [6, 6.07) is 5.49. The van der Waals surface area contributed by atoms with Crippen molar-refractivity contribution in [1.29, 1.82) is 0 Å². The van der Waals surface area contributed by atoms with E-state index < -0.39 is 40.4 Å². The molecule has 0 saturated carbocycles. The smallest absolute Gasteiger partial charge is 1.00 e. The van der Waals surface area contributed by atoms with Crippen LogP contribution in [-0.2, 0) is 14.8 Å². The maximum absolute atomic E-state index is 13.5. The van der Waals surface area contributed by atoms with Gasteiger partial charge in [0.15, 0.2) is 0 Å². The first-order chi connectivity index (χ1) is 15.3. The van der Waals surface area contributed by atoms with Crippen LogP contribution in [0.4, 0.5) is 10.3 Å². The molecule has 2 aromatic rings. The van der Waals surface area contributed by atoms with Crippen LogP contribution in [0.5, 0.6) is 0 Å². The number of benzene rings is 1. The van der Waals surface area contributed by atoms with E-state index in [0.29, 0.717) is 22.5 Å². The first kappa shape index (κ1) is 30.8. The van der Waals surface area contributed by atoms with E-state index in [4.69, 9.17) is 5.11 Å². The molecule has 0 bridgehead atoms. The van der Waals surface area contributed by atoms with Gasteiger partial charge in [0, 0.05) is 24.6 Å². The number of rotatable bonds is 10. The minimum Gasteiger partial charge on any atom is -1.00 e. The zero-order valence-electron chi connectivity index (χ0n) is 20.8. The normalized spacial score (nSPS) is 13.5. The molecule has 1 aromatic heterocycles. The second-order valence-electron chi connectivity index (χ2n) is 7.98. The summed E-state index contributed by atoms with van der Waals surface area (Å²) >= 11 is 0. The molecule has 0 fully saturated rings. The van der Waals surface area contributed by atoms with Crippen molar-refractivity contribution in [2.24, 2.45) is 0 Å². The van der Waals surface area contributed by atoms with Crippen LogP contribution in [0.3, 0.4) is 0 Å². The number of sulfonamides is 1. The van der Waals surface area contributed by atoms with E-state index in [9.17, 15) is 27.8 Å². The molecule has 182 valence electrons. The Hall–Kier alpha value is -1.25. The molecule has 3 N–H and O–H groups in total. The number of halogens is 1. The van der Waals surface area contributed by atoms with Gasteiger partial charge in [0.05, 0.1) is 36.3 Å². The topological polar surface area (TPSA) is 141 Å². The zero-order chi connectivity index (χ0) is 24.9. The summed E-state index contributed by atoms with van der Waals surface area (Å²) in [4.78, 5) is 19.6. The van der Waals surface area contributed by atoms with Gasteiger partial charge >= 0.3 is 57.4 Å². The third kappa shape index (κ3) is 8.75. The molecular formula is C22H29FKN3O6S. The van der Waals surface area contributed by atoms with Gasteiger partial charge in [-0.1, -0.05) is 26.0 Å². The number of aliphatic carboxylic acids is 1. The molecule has 0 aliphatic heterocycles. The zero-order valence-corrected chi connectivity index (χ0v) is 23.7. The predicted octanol–water partition coefficient (Wildman–Crippen LogP) is -0.482. The van der Waals surface area contributed by atoms with Gasteiger partial charge in [0.2, 0.25) is 16.0 Å². The number of carboxylic acid groups (broad SMARTS) is 1. The van der Waals surface area contributed by atoms with Crippen LogP contribution in [0.25, 0.3) is 17.3 Å². The Morgan fingerprint density at radius 1 is 1.21 bits per heavy atom. The van der Waals surface area contributed by atoms with Crippen molar-refractivity contribution in [2.75, 3.05) is 17.6 Å². The second-order valence-corrected chi connectivity index (χ2v) is 9.99. The molecule has 0 aliphatic carbocycles. The van der Waals surface area contributed by atoms with Crippen LogP contribution in [0.15, 0.2) is 30.3 Å². The summed E-state index contributed by atoms with van der Waals surface area (Å²) in [6.07, 6.45) is 0.860. The van der Waals surface area contributed by atoms with Crippen LogP contribution in [0, 0.1) is 5.82 Å². The van der Waals surface area contributed by atoms with E-state index in [1.807, 2.05) is 13.8 Å². The number of carboxylic acids is 1. The van der Waals surface area contributed by atoms with Gasteiger partial charge in [0.1, 0.15) is 5.82 Å². The standard InChI is InChI=1S/C22H28FN3O6S.K.H/c1-13(2)20-18(10-9-16(27)11-17(28)12-19(29)30)21(14-5-7-15(23)8-6-14)25-22(24-20)26(3)33(4,31)32;;/h5-10,13,16-17,27-28H,11-12H2,1-4H3,(H,29,30);;/q;+1;-1/b10-9+;;. The molecule has 0 saturated heterocycles. The first-order valence-corrected chi connectivity index (χ1v) is 12.0. The van der Waals surface area contributed by atoms with E-state index in [1.165, 1.54) is 43.5 Å². The molecule has 9 nitrogen and oxygen atoms in total. The number of anilines is 1. The molecular weight excluding hydrogens is 492 g/mol. The fourth-order valence-corrected chi connectivity index (χ4v) is 3.42. The number of nitrogens with zero attached hydrogens (tertiary/aromatic N) is 3. The molecule has 34 heavy (non-hydrogen) atoms. The largest absolute Gasteiger partial charge is 1.00 e.